The van der Waals surface area contributed by atoms with Crippen LogP contribution in [0.15, 0.2) is 102 Å². The van der Waals surface area contributed by atoms with Gasteiger partial charge in [-0.25, -0.2) is 0 Å². The fourth-order valence-corrected chi connectivity index (χ4v) is 5.99. The van der Waals surface area contributed by atoms with Gasteiger partial charge in [0.15, 0.2) is 0 Å². The SMILES string of the molecule is Cc1cc(C)cc(COc2ccccc2C=Nc2ccc([C@@H]3Nc4ccc(C)cc4[C@@H]4C=CC[C@H]43)cc2)c1. The van der Waals surface area contributed by atoms with E-state index in [4.69, 9.17) is 9.73 Å². The maximum absolute atomic E-state index is 6.19. The van der Waals surface area contributed by atoms with E-state index in [0.29, 0.717) is 24.5 Å². The minimum atomic E-state index is 0.294. The van der Waals surface area contributed by atoms with Crippen LogP contribution in [0.1, 0.15) is 57.3 Å². The van der Waals surface area contributed by atoms with E-state index in [1.54, 1.807) is 0 Å². The van der Waals surface area contributed by atoms with Gasteiger partial charge in [-0.15, -0.1) is 0 Å². The van der Waals surface area contributed by atoms with E-state index in [1.165, 1.54) is 39.1 Å². The summed E-state index contributed by atoms with van der Waals surface area (Å²) in [6, 6.07) is 30.4. The minimum absolute atomic E-state index is 0.294. The van der Waals surface area contributed by atoms with Crippen LogP contribution in [0.4, 0.5) is 11.4 Å². The zero-order chi connectivity index (χ0) is 26.1. The molecule has 6 rings (SSSR count). The molecule has 3 nitrogen and oxygen atoms in total. The number of aryl methyl sites for hydroxylation is 3. The highest BCUT2D eigenvalue weighted by Crippen LogP contribution is 2.50. The number of anilines is 1. The van der Waals surface area contributed by atoms with Crippen LogP contribution in [0.25, 0.3) is 0 Å². The summed E-state index contributed by atoms with van der Waals surface area (Å²) >= 11 is 0. The second-order valence-corrected chi connectivity index (χ2v) is 10.7. The number of allylic oxidation sites excluding steroid dienone is 2. The number of rotatable bonds is 6. The number of ether oxygens (including phenoxy) is 1. The predicted molar refractivity (Wildman–Crippen MR) is 158 cm³/mol. The zero-order valence-corrected chi connectivity index (χ0v) is 22.3. The molecule has 0 saturated heterocycles. The van der Waals surface area contributed by atoms with E-state index >= 15 is 0 Å². The van der Waals surface area contributed by atoms with Crippen molar-refractivity contribution in [1.29, 1.82) is 0 Å². The molecule has 1 N–H and O–H groups in total. The van der Waals surface area contributed by atoms with Crippen LogP contribution < -0.4 is 10.1 Å². The highest BCUT2D eigenvalue weighted by molar-refractivity contribution is 5.85. The summed E-state index contributed by atoms with van der Waals surface area (Å²) in [5, 5.41) is 3.84. The standard InChI is InChI=1S/C35H34N2O/c1-23-11-16-33-32(20-23)30-8-6-9-31(30)35(37-33)27-12-14-29(15-13-27)36-21-28-7-4-5-10-34(28)38-22-26-18-24(2)17-25(3)19-26/h4-8,10-21,30-31,35,37H,9,22H2,1-3H3/t30-,31-,35+/m1/s1. The number of aliphatic imine (C=N–C) groups is 1. The molecule has 3 atom stereocenters. The Kier molecular flexibility index (Phi) is 6.59. The normalized spacial score (nSPS) is 19.7. The van der Waals surface area contributed by atoms with Gasteiger partial charge < -0.3 is 10.1 Å². The monoisotopic (exact) mass is 498 g/mol. The predicted octanol–water partition coefficient (Wildman–Crippen LogP) is 8.77. The van der Waals surface area contributed by atoms with Gasteiger partial charge in [-0.05, 0) is 80.1 Å². The van der Waals surface area contributed by atoms with Crippen molar-refractivity contribution >= 4 is 17.6 Å². The van der Waals surface area contributed by atoms with Crippen LogP contribution >= 0.6 is 0 Å². The van der Waals surface area contributed by atoms with Crippen LogP contribution in [-0.4, -0.2) is 6.21 Å². The maximum Gasteiger partial charge on any atom is 0.128 e. The second-order valence-electron chi connectivity index (χ2n) is 10.7. The molecule has 4 aromatic carbocycles. The molecular formula is C35H34N2O. The highest BCUT2D eigenvalue weighted by Gasteiger charge is 2.37. The number of fused-ring (bicyclic) bond motifs is 3. The maximum atomic E-state index is 6.19. The van der Waals surface area contributed by atoms with E-state index < -0.39 is 0 Å². The molecule has 0 radical (unpaired) electrons. The number of para-hydroxylation sites is 1. The molecule has 2 aliphatic rings. The lowest BCUT2D eigenvalue weighted by Gasteiger charge is -2.37. The van der Waals surface area contributed by atoms with Crippen LogP contribution in [0.3, 0.4) is 0 Å². The average molecular weight is 499 g/mol. The fraction of sp³-hybridized carbons (Fsp3) is 0.229. The molecule has 0 spiro atoms. The van der Waals surface area contributed by atoms with Crippen molar-refractivity contribution in [2.24, 2.45) is 10.9 Å². The van der Waals surface area contributed by atoms with Gasteiger partial charge in [-0.1, -0.05) is 83.4 Å². The van der Waals surface area contributed by atoms with E-state index in [-0.39, 0.29) is 0 Å². The number of benzene rings is 4. The Bertz CT molecular complexity index is 1500. The topological polar surface area (TPSA) is 33.6 Å². The van der Waals surface area contributed by atoms with Crippen molar-refractivity contribution in [3.8, 4) is 5.75 Å². The van der Waals surface area contributed by atoms with Crippen molar-refractivity contribution < 1.29 is 4.74 Å². The molecule has 1 aliphatic carbocycles. The van der Waals surface area contributed by atoms with Gasteiger partial charge in [0, 0.05) is 23.4 Å². The zero-order valence-electron chi connectivity index (χ0n) is 22.3. The summed E-state index contributed by atoms with van der Waals surface area (Å²) in [6.45, 7) is 6.95. The first-order valence-electron chi connectivity index (χ1n) is 13.5. The molecule has 1 heterocycles. The summed E-state index contributed by atoms with van der Waals surface area (Å²) in [6.07, 6.45) is 7.75. The van der Waals surface area contributed by atoms with Gasteiger partial charge in [-0.3, -0.25) is 4.99 Å². The Labute approximate surface area is 225 Å². The van der Waals surface area contributed by atoms with E-state index in [0.717, 1.165) is 23.4 Å². The lowest BCUT2D eigenvalue weighted by atomic mass is 9.76. The number of nitrogens with one attached hydrogen (secondary N) is 1. The quantitative estimate of drug-likeness (QED) is 0.213. The third-order valence-electron chi connectivity index (χ3n) is 7.72. The molecule has 0 fully saturated rings. The Morgan fingerprint density at radius 3 is 2.47 bits per heavy atom. The first kappa shape index (κ1) is 24.2. The lowest BCUT2D eigenvalue weighted by Crippen LogP contribution is -2.29. The highest BCUT2D eigenvalue weighted by atomic mass is 16.5. The van der Waals surface area contributed by atoms with Gasteiger partial charge in [0.2, 0.25) is 0 Å². The van der Waals surface area contributed by atoms with E-state index in [9.17, 15) is 0 Å². The Balaban J connectivity index is 1.17. The molecule has 3 heteroatoms. The number of nitrogens with zero attached hydrogens (tertiary/aromatic N) is 1. The molecule has 0 amide bonds. The van der Waals surface area contributed by atoms with Gasteiger partial charge >= 0.3 is 0 Å². The third-order valence-corrected chi connectivity index (χ3v) is 7.72. The van der Waals surface area contributed by atoms with Gasteiger partial charge in [0.25, 0.3) is 0 Å². The van der Waals surface area contributed by atoms with Gasteiger partial charge in [0.1, 0.15) is 12.4 Å². The molecule has 1 aliphatic heterocycles. The first-order chi connectivity index (χ1) is 18.5. The van der Waals surface area contributed by atoms with E-state index in [1.807, 2.05) is 30.5 Å². The van der Waals surface area contributed by atoms with E-state index in [2.05, 4.69) is 98.9 Å². The first-order valence-corrected chi connectivity index (χ1v) is 13.5. The van der Waals surface area contributed by atoms with Crippen LogP contribution in [0.2, 0.25) is 0 Å². The van der Waals surface area contributed by atoms with Crippen LogP contribution in [0, 0.1) is 26.7 Å². The number of hydrogen-bond donors (Lipinski definition) is 1. The molecule has 0 bridgehead atoms. The van der Waals surface area contributed by atoms with Crippen molar-refractivity contribution in [2.75, 3.05) is 5.32 Å². The largest absolute Gasteiger partial charge is 0.488 e. The van der Waals surface area contributed by atoms with Crippen molar-refractivity contribution in [3.05, 3.63) is 136 Å². The molecule has 0 saturated carbocycles. The molecular weight excluding hydrogens is 464 g/mol. The van der Waals surface area contributed by atoms with Crippen LogP contribution in [-0.2, 0) is 6.61 Å². The molecule has 4 aromatic rings. The Morgan fingerprint density at radius 2 is 1.66 bits per heavy atom. The van der Waals surface area contributed by atoms with Gasteiger partial charge in [-0.2, -0.15) is 0 Å². The molecule has 38 heavy (non-hydrogen) atoms. The van der Waals surface area contributed by atoms with Crippen molar-refractivity contribution in [3.63, 3.8) is 0 Å². The third kappa shape index (κ3) is 5.02. The molecule has 0 unspecified atom stereocenters. The van der Waals surface area contributed by atoms with Gasteiger partial charge in [0.05, 0.1) is 11.7 Å². The van der Waals surface area contributed by atoms with Crippen molar-refractivity contribution in [1.82, 2.24) is 0 Å². The van der Waals surface area contributed by atoms with Crippen molar-refractivity contribution in [2.45, 2.75) is 45.8 Å². The Morgan fingerprint density at radius 1 is 0.868 bits per heavy atom. The molecule has 0 aromatic heterocycles. The summed E-state index contributed by atoms with van der Waals surface area (Å²) in [5.74, 6) is 1.86. The Hall–Kier alpha value is -4.11. The summed E-state index contributed by atoms with van der Waals surface area (Å²) in [7, 11) is 0. The van der Waals surface area contributed by atoms with Crippen LogP contribution in [0.5, 0.6) is 5.75 Å². The smallest absolute Gasteiger partial charge is 0.128 e. The molecule has 190 valence electrons. The average Bonchev–Trinajstić information content (AvgIpc) is 3.41. The second kappa shape index (κ2) is 10.3. The number of hydrogen-bond acceptors (Lipinski definition) is 3. The summed E-state index contributed by atoms with van der Waals surface area (Å²) < 4.78 is 6.19. The summed E-state index contributed by atoms with van der Waals surface area (Å²) in [5.41, 5.74) is 10.9. The lowest BCUT2D eigenvalue weighted by molar-refractivity contribution is 0.305. The summed E-state index contributed by atoms with van der Waals surface area (Å²) in [4.78, 5) is 4.78. The fourth-order valence-electron chi connectivity index (χ4n) is 5.99. The minimum Gasteiger partial charge on any atom is -0.488 e.